The molecule has 0 radical (unpaired) electrons. The molecule has 0 N–H and O–H groups in total. The predicted molar refractivity (Wildman–Crippen MR) is 71.5 cm³/mol. The fraction of sp³-hybridized carbons (Fsp3) is 0.200. The molecular weight excluding hydrogens is 232 g/mol. The summed E-state index contributed by atoms with van der Waals surface area (Å²) in [6, 6.07) is 16.1. The fourth-order valence-electron chi connectivity index (χ4n) is 1.84. The molecule has 1 nitrogen and oxygen atoms in total. The molecule has 2 heteroatoms. The molecule has 1 atom stereocenters. The first-order chi connectivity index (χ1) is 8.20. The van der Waals surface area contributed by atoms with Gasteiger partial charge in [0.2, 0.25) is 0 Å². The van der Waals surface area contributed by atoms with E-state index in [0.29, 0.717) is 0 Å². The molecule has 0 bridgehead atoms. The van der Waals surface area contributed by atoms with Gasteiger partial charge in [-0.25, -0.2) is 0 Å². The van der Waals surface area contributed by atoms with E-state index >= 15 is 0 Å². The van der Waals surface area contributed by atoms with Crippen LogP contribution in [0.1, 0.15) is 22.8 Å². The number of halogens is 1. The van der Waals surface area contributed by atoms with Crippen LogP contribution >= 0.6 is 11.6 Å². The van der Waals surface area contributed by atoms with Gasteiger partial charge in [0.15, 0.2) is 0 Å². The van der Waals surface area contributed by atoms with Crippen molar-refractivity contribution in [2.24, 2.45) is 0 Å². The normalized spacial score (nSPS) is 12.4. The Kier molecular flexibility index (Phi) is 3.82. The van der Waals surface area contributed by atoms with Gasteiger partial charge in [-0.05, 0) is 30.2 Å². The van der Waals surface area contributed by atoms with Crippen LogP contribution in [0, 0.1) is 6.92 Å². The van der Waals surface area contributed by atoms with E-state index in [1.165, 1.54) is 5.56 Å². The van der Waals surface area contributed by atoms with Gasteiger partial charge in [-0.1, -0.05) is 53.6 Å². The van der Waals surface area contributed by atoms with Crippen molar-refractivity contribution in [3.63, 3.8) is 0 Å². The van der Waals surface area contributed by atoms with Gasteiger partial charge < -0.3 is 4.74 Å². The summed E-state index contributed by atoms with van der Waals surface area (Å²) >= 11 is 5.89. The summed E-state index contributed by atoms with van der Waals surface area (Å²) in [6.07, 6.45) is -0.0344. The molecule has 0 spiro atoms. The molecular formula is C15H15ClO. The minimum absolute atomic E-state index is 0.0344. The standard InChI is InChI=1S/C15H15ClO/c1-11-3-5-12(6-4-11)15(17-2)13-7-9-14(16)10-8-13/h3-10,15H,1-2H3. The topological polar surface area (TPSA) is 9.23 Å². The minimum Gasteiger partial charge on any atom is -0.372 e. The first kappa shape index (κ1) is 12.2. The van der Waals surface area contributed by atoms with E-state index in [-0.39, 0.29) is 6.10 Å². The number of aryl methyl sites for hydroxylation is 1. The Hall–Kier alpha value is -1.31. The van der Waals surface area contributed by atoms with Crippen LogP contribution in [-0.4, -0.2) is 7.11 Å². The van der Waals surface area contributed by atoms with Crippen molar-refractivity contribution in [3.8, 4) is 0 Å². The quantitative estimate of drug-likeness (QED) is 0.781. The largest absolute Gasteiger partial charge is 0.372 e. The summed E-state index contributed by atoms with van der Waals surface area (Å²) in [6.45, 7) is 2.08. The van der Waals surface area contributed by atoms with Crippen LogP contribution in [0.2, 0.25) is 5.02 Å². The van der Waals surface area contributed by atoms with Crippen LogP contribution in [0.3, 0.4) is 0 Å². The van der Waals surface area contributed by atoms with Gasteiger partial charge >= 0.3 is 0 Å². The van der Waals surface area contributed by atoms with Gasteiger partial charge in [0.05, 0.1) is 0 Å². The van der Waals surface area contributed by atoms with Crippen molar-refractivity contribution in [3.05, 3.63) is 70.2 Å². The Bertz CT molecular complexity index is 428. The van der Waals surface area contributed by atoms with E-state index in [1.54, 1.807) is 7.11 Å². The highest BCUT2D eigenvalue weighted by Gasteiger charge is 2.12. The highest BCUT2D eigenvalue weighted by molar-refractivity contribution is 6.30. The second-order valence-electron chi connectivity index (χ2n) is 4.08. The molecule has 2 rings (SSSR count). The summed E-state index contributed by atoms with van der Waals surface area (Å²) in [7, 11) is 1.72. The zero-order chi connectivity index (χ0) is 12.3. The SMILES string of the molecule is COC(c1ccc(C)cc1)c1ccc(Cl)cc1. The minimum atomic E-state index is -0.0344. The van der Waals surface area contributed by atoms with Gasteiger partial charge in [-0.15, -0.1) is 0 Å². The molecule has 0 aliphatic heterocycles. The van der Waals surface area contributed by atoms with Gasteiger partial charge in [-0.3, -0.25) is 0 Å². The van der Waals surface area contributed by atoms with E-state index in [4.69, 9.17) is 16.3 Å². The van der Waals surface area contributed by atoms with Crippen LogP contribution in [0.5, 0.6) is 0 Å². The number of hydrogen-bond acceptors (Lipinski definition) is 1. The van der Waals surface area contributed by atoms with Gasteiger partial charge in [-0.2, -0.15) is 0 Å². The van der Waals surface area contributed by atoms with Crippen molar-refractivity contribution >= 4 is 11.6 Å². The van der Waals surface area contributed by atoms with Crippen LogP contribution in [-0.2, 0) is 4.74 Å². The monoisotopic (exact) mass is 246 g/mol. The fourth-order valence-corrected chi connectivity index (χ4v) is 1.97. The van der Waals surface area contributed by atoms with Crippen molar-refractivity contribution in [2.75, 3.05) is 7.11 Å². The van der Waals surface area contributed by atoms with Gasteiger partial charge in [0.1, 0.15) is 6.10 Å². The molecule has 0 aromatic heterocycles. The molecule has 0 aliphatic rings. The third kappa shape index (κ3) is 2.87. The zero-order valence-electron chi connectivity index (χ0n) is 9.98. The second-order valence-corrected chi connectivity index (χ2v) is 4.51. The van der Waals surface area contributed by atoms with Gasteiger partial charge in [0, 0.05) is 12.1 Å². The molecule has 0 amide bonds. The van der Waals surface area contributed by atoms with Crippen LogP contribution in [0.25, 0.3) is 0 Å². The third-order valence-electron chi connectivity index (χ3n) is 2.79. The molecule has 17 heavy (non-hydrogen) atoms. The number of rotatable bonds is 3. The van der Waals surface area contributed by atoms with E-state index < -0.39 is 0 Å². The summed E-state index contributed by atoms with van der Waals surface area (Å²) < 4.78 is 5.56. The molecule has 0 saturated heterocycles. The Morgan fingerprint density at radius 2 is 1.35 bits per heavy atom. The van der Waals surface area contributed by atoms with Crippen molar-refractivity contribution in [2.45, 2.75) is 13.0 Å². The smallest absolute Gasteiger partial charge is 0.107 e. The number of hydrogen-bond donors (Lipinski definition) is 0. The van der Waals surface area contributed by atoms with E-state index in [9.17, 15) is 0 Å². The molecule has 1 unspecified atom stereocenters. The Balaban J connectivity index is 2.33. The second kappa shape index (κ2) is 5.35. The van der Waals surface area contributed by atoms with Crippen LogP contribution in [0.4, 0.5) is 0 Å². The average Bonchev–Trinajstić information content (AvgIpc) is 2.35. The maximum absolute atomic E-state index is 5.89. The van der Waals surface area contributed by atoms with Gasteiger partial charge in [0.25, 0.3) is 0 Å². The Morgan fingerprint density at radius 1 is 0.882 bits per heavy atom. The molecule has 2 aromatic rings. The zero-order valence-corrected chi connectivity index (χ0v) is 10.7. The lowest BCUT2D eigenvalue weighted by Gasteiger charge is -2.16. The highest BCUT2D eigenvalue weighted by Crippen LogP contribution is 2.26. The Morgan fingerprint density at radius 3 is 1.82 bits per heavy atom. The molecule has 0 saturated carbocycles. The number of ether oxygens (including phenoxy) is 1. The molecule has 2 aromatic carbocycles. The predicted octanol–water partition coefficient (Wildman–Crippen LogP) is 4.38. The maximum Gasteiger partial charge on any atom is 0.107 e. The highest BCUT2D eigenvalue weighted by atomic mass is 35.5. The average molecular weight is 247 g/mol. The van der Waals surface area contributed by atoms with Crippen LogP contribution in [0.15, 0.2) is 48.5 Å². The van der Waals surface area contributed by atoms with Crippen molar-refractivity contribution in [1.29, 1.82) is 0 Å². The summed E-state index contributed by atoms with van der Waals surface area (Å²) in [5.41, 5.74) is 3.51. The Labute approximate surface area is 107 Å². The summed E-state index contributed by atoms with van der Waals surface area (Å²) in [5, 5.41) is 0.743. The lowest BCUT2D eigenvalue weighted by atomic mass is 10.0. The van der Waals surface area contributed by atoms with E-state index in [1.807, 2.05) is 24.3 Å². The molecule has 0 heterocycles. The number of benzene rings is 2. The van der Waals surface area contributed by atoms with Crippen molar-refractivity contribution < 1.29 is 4.74 Å². The van der Waals surface area contributed by atoms with Crippen LogP contribution < -0.4 is 0 Å². The maximum atomic E-state index is 5.89. The van der Waals surface area contributed by atoms with Crippen molar-refractivity contribution in [1.82, 2.24) is 0 Å². The van der Waals surface area contributed by atoms with E-state index in [2.05, 4.69) is 31.2 Å². The number of methoxy groups -OCH3 is 1. The lowest BCUT2D eigenvalue weighted by Crippen LogP contribution is -2.03. The first-order valence-electron chi connectivity index (χ1n) is 5.55. The molecule has 0 fully saturated rings. The summed E-state index contributed by atoms with van der Waals surface area (Å²) in [4.78, 5) is 0. The third-order valence-corrected chi connectivity index (χ3v) is 3.04. The molecule has 88 valence electrons. The first-order valence-corrected chi connectivity index (χ1v) is 5.93. The lowest BCUT2D eigenvalue weighted by molar-refractivity contribution is 0.136. The molecule has 0 aliphatic carbocycles. The summed E-state index contributed by atoms with van der Waals surface area (Å²) in [5.74, 6) is 0. The van der Waals surface area contributed by atoms with E-state index in [0.717, 1.165) is 16.1 Å².